The van der Waals surface area contributed by atoms with E-state index < -0.39 is 6.36 Å². The first kappa shape index (κ1) is 16.0. The molecule has 0 aliphatic carbocycles. The van der Waals surface area contributed by atoms with Crippen LogP contribution in [-0.4, -0.2) is 55.6 Å². The lowest BCUT2D eigenvalue weighted by molar-refractivity contribution is -0.325. The molecular weight excluding hydrogens is 285 g/mol. The summed E-state index contributed by atoms with van der Waals surface area (Å²) in [5.74, 6) is 0.874. The fourth-order valence-corrected chi connectivity index (χ4v) is 2.22. The summed E-state index contributed by atoms with van der Waals surface area (Å²) in [6.45, 7) is 3.28. The molecule has 0 spiro atoms. The van der Waals surface area contributed by atoms with Gasteiger partial charge in [0.2, 0.25) is 0 Å². The van der Waals surface area contributed by atoms with Crippen molar-refractivity contribution >= 4 is 5.82 Å². The van der Waals surface area contributed by atoms with Gasteiger partial charge < -0.3 is 10.6 Å². The molecule has 118 valence electrons. The zero-order chi connectivity index (χ0) is 15.3. The van der Waals surface area contributed by atoms with E-state index in [1.54, 1.807) is 6.20 Å². The Hall–Kier alpha value is -1.38. The van der Waals surface area contributed by atoms with Crippen LogP contribution < -0.4 is 10.6 Å². The van der Waals surface area contributed by atoms with Gasteiger partial charge in [0.15, 0.2) is 0 Å². The van der Waals surface area contributed by atoms with Crippen LogP contribution in [-0.2, 0) is 11.3 Å². The summed E-state index contributed by atoms with van der Waals surface area (Å²) in [5, 5.41) is 0. The second kappa shape index (κ2) is 7.06. The molecule has 1 aromatic rings. The van der Waals surface area contributed by atoms with Gasteiger partial charge in [-0.05, 0) is 11.6 Å². The number of ether oxygens (including phenoxy) is 1. The Morgan fingerprint density at radius 2 is 1.90 bits per heavy atom. The molecule has 8 heteroatoms. The summed E-state index contributed by atoms with van der Waals surface area (Å²) in [6, 6.07) is 3.86. The number of pyridine rings is 1. The van der Waals surface area contributed by atoms with Gasteiger partial charge in [0.05, 0.1) is 6.61 Å². The number of alkyl halides is 3. The third kappa shape index (κ3) is 5.14. The molecule has 2 N–H and O–H groups in total. The number of nitrogens with zero attached hydrogens (tertiary/aromatic N) is 3. The van der Waals surface area contributed by atoms with E-state index in [9.17, 15) is 13.2 Å². The maximum atomic E-state index is 11.9. The van der Waals surface area contributed by atoms with Crippen LogP contribution in [0.4, 0.5) is 19.0 Å². The van der Waals surface area contributed by atoms with Crippen LogP contribution in [0.1, 0.15) is 5.56 Å². The predicted molar refractivity (Wildman–Crippen MR) is 72.8 cm³/mol. The van der Waals surface area contributed by atoms with Crippen molar-refractivity contribution in [3.05, 3.63) is 23.9 Å². The van der Waals surface area contributed by atoms with Crippen LogP contribution in [0.2, 0.25) is 0 Å². The SMILES string of the molecule is NCc1ccc(N2CCN(CCOC(F)(F)F)CC2)nc1. The Labute approximate surface area is 121 Å². The molecule has 5 nitrogen and oxygen atoms in total. The largest absolute Gasteiger partial charge is 0.522 e. The maximum Gasteiger partial charge on any atom is 0.522 e. The van der Waals surface area contributed by atoms with Gasteiger partial charge in [0.25, 0.3) is 0 Å². The summed E-state index contributed by atoms with van der Waals surface area (Å²) in [5.41, 5.74) is 6.50. The van der Waals surface area contributed by atoms with Crippen molar-refractivity contribution in [1.82, 2.24) is 9.88 Å². The topological polar surface area (TPSA) is 54.6 Å². The summed E-state index contributed by atoms with van der Waals surface area (Å²) < 4.78 is 39.5. The predicted octanol–water partition coefficient (Wildman–Crippen LogP) is 1.20. The zero-order valence-electron chi connectivity index (χ0n) is 11.6. The highest BCUT2D eigenvalue weighted by atomic mass is 19.4. The van der Waals surface area contributed by atoms with Crippen molar-refractivity contribution in [1.29, 1.82) is 0 Å². The van der Waals surface area contributed by atoms with E-state index in [1.807, 2.05) is 17.0 Å². The number of hydrogen-bond acceptors (Lipinski definition) is 5. The van der Waals surface area contributed by atoms with Crippen molar-refractivity contribution in [3.8, 4) is 0 Å². The summed E-state index contributed by atoms with van der Waals surface area (Å²) in [4.78, 5) is 8.41. The molecule has 1 saturated heterocycles. The summed E-state index contributed by atoms with van der Waals surface area (Å²) in [6.07, 6.45) is -2.80. The zero-order valence-corrected chi connectivity index (χ0v) is 11.6. The lowest BCUT2D eigenvalue weighted by atomic mass is 10.2. The number of rotatable bonds is 5. The van der Waals surface area contributed by atoms with Crippen LogP contribution in [0.15, 0.2) is 18.3 Å². The van der Waals surface area contributed by atoms with E-state index in [0.29, 0.717) is 19.6 Å². The van der Waals surface area contributed by atoms with E-state index in [4.69, 9.17) is 5.73 Å². The number of nitrogens with two attached hydrogens (primary N) is 1. The molecule has 2 heterocycles. The lowest BCUT2D eigenvalue weighted by Crippen LogP contribution is -2.47. The van der Waals surface area contributed by atoms with E-state index in [0.717, 1.165) is 24.5 Å². The van der Waals surface area contributed by atoms with Crippen molar-refractivity contribution in [3.63, 3.8) is 0 Å². The Kier molecular flexibility index (Phi) is 5.38. The van der Waals surface area contributed by atoms with Gasteiger partial charge in [0, 0.05) is 45.5 Å². The highest BCUT2D eigenvalue weighted by Gasteiger charge is 2.29. The number of anilines is 1. The second-order valence-corrected chi connectivity index (χ2v) is 4.85. The van der Waals surface area contributed by atoms with Gasteiger partial charge in [0.1, 0.15) is 5.82 Å². The molecule has 1 aromatic heterocycles. The molecule has 1 fully saturated rings. The highest BCUT2D eigenvalue weighted by Crippen LogP contribution is 2.17. The number of piperazine rings is 1. The Bertz CT molecular complexity index is 430. The van der Waals surface area contributed by atoms with Crippen LogP contribution in [0.25, 0.3) is 0 Å². The van der Waals surface area contributed by atoms with Crippen LogP contribution >= 0.6 is 0 Å². The monoisotopic (exact) mass is 304 g/mol. The van der Waals surface area contributed by atoms with Gasteiger partial charge in [-0.3, -0.25) is 9.64 Å². The number of aromatic nitrogens is 1. The van der Waals surface area contributed by atoms with E-state index in [2.05, 4.69) is 14.6 Å². The Morgan fingerprint density at radius 3 is 2.43 bits per heavy atom. The third-order valence-electron chi connectivity index (χ3n) is 3.41. The van der Waals surface area contributed by atoms with Gasteiger partial charge in [-0.25, -0.2) is 4.98 Å². The van der Waals surface area contributed by atoms with E-state index in [1.165, 1.54) is 0 Å². The lowest BCUT2D eigenvalue weighted by Gasteiger charge is -2.35. The molecule has 0 unspecified atom stereocenters. The molecular formula is C13H19F3N4O. The quantitative estimate of drug-likeness (QED) is 0.886. The van der Waals surface area contributed by atoms with Gasteiger partial charge in [-0.2, -0.15) is 0 Å². The van der Waals surface area contributed by atoms with Crippen LogP contribution in [0, 0.1) is 0 Å². The molecule has 0 saturated carbocycles. The minimum atomic E-state index is -4.55. The minimum absolute atomic E-state index is 0.285. The molecule has 1 aliphatic rings. The minimum Gasteiger partial charge on any atom is -0.354 e. The normalized spacial score (nSPS) is 17.2. The van der Waals surface area contributed by atoms with Crippen molar-refractivity contribution in [2.45, 2.75) is 12.9 Å². The van der Waals surface area contributed by atoms with E-state index in [-0.39, 0.29) is 13.2 Å². The standard InChI is InChI=1S/C13H19F3N4O/c14-13(15,16)21-8-7-19-3-5-20(6-4-19)12-2-1-11(9-17)10-18-12/h1-2,10H,3-9,17H2. The summed E-state index contributed by atoms with van der Waals surface area (Å²) >= 11 is 0. The molecule has 1 aliphatic heterocycles. The maximum absolute atomic E-state index is 11.9. The average Bonchev–Trinajstić information content (AvgIpc) is 2.47. The summed E-state index contributed by atoms with van der Waals surface area (Å²) in [7, 11) is 0. The number of hydrogen-bond donors (Lipinski definition) is 1. The van der Waals surface area contributed by atoms with Crippen LogP contribution in [0.5, 0.6) is 0 Å². The molecule has 0 atom stereocenters. The Morgan fingerprint density at radius 1 is 1.19 bits per heavy atom. The second-order valence-electron chi connectivity index (χ2n) is 4.85. The van der Waals surface area contributed by atoms with Crippen LogP contribution in [0.3, 0.4) is 0 Å². The van der Waals surface area contributed by atoms with Gasteiger partial charge in [-0.15, -0.1) is 13.2 Å². The third-order valence-corrected chi connectivity index (χ3v) is 3.41. The average molecular weight is 304 g/mol. The number of halogens is 3. The smallest absolute Gasteiger partial charge is 0.354 e. The van der Waals surface area contributed by atoms with Gasteiger partial charge in [-0.1, -0.05) is 6.07 Å². The van der Waals surface area contributed by atoms with Crippen molar-refractivity contribution < 1.29 is 17.9 Å². The fourth-order valence-electron chi connectivity index (χ4n) is 2.22. The van der Waals surface area contributed by atoms with Crippen molar-refractivity contribution in [2.75, 3.05) is 44.2 Å². The molecule has 0 amide bonds. The molecule has 2 rings (SSSR count). The van der Waals surface area contributed by atoms with Crippen molar-refractivity contribution in [2.24, 2.45) is 5.73 Å². The van der Waals surface area contributed by atoms with E-state index >= 15 is 0 Å². The molecule has 0 bridgehead atoms. The van der Waals surface area contributed by atoms with Gasteiger partial charge >= 0.3 is 6.36 Å². The fraction of sp³-hybridized carbons (Fsp3) is 0.615. The molecule has 0 aromatic carbocycles. The molecule has 0 radical (unpaired) electrons. The highest BCUT2D eigenvalue weighted by molar-refractivity contribution is 5.39. The first-order valence-corrected chi connectivity index (χ1v) is 6.81. The molecule has 21 heavy (non-hydrogen) atoms. The first-order valence-electron chi connectivity index (χ1n) is 6.81. The first-order chi connectivity index (χ1) is 9.98. The Balaban J connectivity index is 1.74.